The molecule has 5 nitrogen and oxygen atoms in total. The lowest BCUT2D eigenvalue weighted by molar-refractivity contribution is -0.170. The number of aliphatic hydroxyl groups is 1. The van der Waals surface area contributed by atoms with E-state index in [1.807, 2.05) is 0 Å². The first-order valence-corrected chi connectivity index (χ1v) is 10.5. The fourth-order valence-corrected chi connectivity index (χ4v) is 4.92. The zero-order chi connectivity index (χ0) is 19.4. The van der Waals surface area contributed by atoms with Crippen LogP contribution in [0, 0.1) is 5.41 Å². The molecule has 6 rings (SSSR count). The molecule has 4 fully saturated rings. The first-order chi connectivity index (χ1) is 13.5. The smallest absolute Gasteiger partial charge is 0.147 e. The summed E-state index contributed by atoms with van der Waals surface area (Å²) in [4.78, 5) is 4.04. The Bertz CT molecular complexity index is 891. The first-order valence-electron chi connectivity index (χ1n) is 9.78. The summed E-state index contributed by atoms with van der Waals surface area (Å²) >= 11 is 12.8. The van der Waals surface area contributed by atoms with E-state index in [-0.39, 0.29) is 17.6 Å². The number of aromatic nitrogens is 2. The molecule has 2 aromatic rings. The molecule has 0 atom stereocenters. The summed E-state index contributed by atoms with van der Waals surface area (Å²) in [5.74, 6) is 1.29. The molecule has 2 bridgehead atoms. The molecule has 0 aromatic carbocycles. The molecule has 7 heteroatoms. The molecule has 2 aromatic heterocycles. The molecule has 2 aliphatic heterocycles. The lowest BCUT2D eigenvalue weighted by Crippen LogP contribution is -2.51. The van der Waals surface area contributed by atoms with Gasteiger partial charge in [0.15, 0.2) is 0 Å². The second-order valence-electron chi connectivity index (χ2n) is 8.41. The summed E-state index contributed by atoms with van der Waals surface area (Å²) in [5, 5.41) is 14.9. The summed E-state index contributed by atoms with van der Waals surface area (Å²) in [6, 6.07) is 0. The minimum absolute atomic E-state index is 0.0464. The van der Waals surface area contributed by atoms with E-state index >= 15 is 0 Å². The molecule has 2 saturated carbocycles. The van der Waals surface area contributed by atoms with Crippen molar-refractivity contribution in [3.63, 3.8) is 0 Å². The van der Waals surface area contributed by atoms with Gasteiger partial charge in [0, 0.05) is 34.9 Å². The number of hydrogen-bond acceptors (Lipinski definition) is 5. The average Bonchev–Trinajstić information content (AvgIpc) is 3.48. The normalized spacial score (nSPS) is 29.7. The fourth-order valence-electron chi connectivity index (χ4n) is 4.37. The van der Waals surface area contributed by atoms with Crippen LogP contribution < -0.4 is 0 Å². The SMILES string of the molecule is OCC12CCC(/C=C/c3c(-c4c(Cl)cncc4Cl)noc3C3CC3)(CC1)OC2. The number of nitrogens with zero attached hydrogens (tertiary/aromatic N) is 2. The van der Waals surface area contributed by atoms with Crippen LogP contribution in [-0.4, -0.2) is 34.1 Å². The lowest BCUT2D eigenvalue weighted by atomic mass is 9.66. The van der Waals surface area contributed by atoms with Gasteiger partial charge in [-0.05, 0) is 38.5 Å². The molecule has 4 heterocycles. The third kappa shape index (κ3) is 3.09. The maximum absolute atomic E-state index is 9.70. The summed E-state index contributed by atoms with van der Waals surface area (Å²) in [6.45, 7) is 0.815. The van der Waals surface area contributed by atoms with Crippen molar-refractivity contribution in [3.05, 3.63) is 39.8 Å². The van der Waals surface area contributed by atoms with E-state index in [0.29, 0.717) is 33.8 Å². The van der Waals surface area contributed by atoms with Crippen LogP contribution in [0.3, 0.4) is 0 Å². The molecule has 28 heavy (non-hydrogen) atoms. The molecule has 0 amide bonds. The Balaban J connectivity index is 1.52. The van der Waals surface area contributed by atoms with Crippen molar-refractivity contribution in [2.75, 3.05) is 13.2 Å². The summed E-state index contributed by atoms with van der Waals surface area (Å²) in [7, 11) is 0. The number of hydrogen-bond donors (Lipinski definition) is 1. The van der Waals surface area contributed by atoms with Crippen molar-refractivity contribution in [2.24, 2.45) is 5.41 Å². The number of rotatable bonds is 5. The van der Waals surface area contributed by atoms with Crippen LogP contribution in [0.25, 0.3) is 17.3 Å². The number of pyridine rings is 1. The largest absolute Gasteiger partial charge is 0.396 e. The average molecular weight is 421 g/mol. The Labute approximate surface area is 173 Å². The number of aliphatic hydroxyl groups excluding tert-OH is 1. The zero-order valence-electron chi connectivity index (χ0n) is 15.5. The molecule has 0 spiro atoms. The lowest BCUT2D eigenvalue weighted by Gasteiger charge is -2.51. The predicted octanol–water partition coefficient (Wildman–Crippen LogP) is 5.26. The van der Waals surface area contributed by atoms with Gasteiger partial charge in [0.1, 0.15) is 11.5 Å². The molecule has 148 valence electrons. The van der Waals surface area contributed by atoms with Gasteiger partial charge in [0.05, 0.1) is 28.9 Å². The molecule has 1 N–H and O–H groups in total. The van der Waals surface area contributed by atoms with Gasteiger partial charge in [-0.15, -0.1) is 0 Å². The highest BCUT2D eigenvalue weighted by molar-refractivity contribution is 6.39. The third-order valence-electron chi connectivity index (χ3n) is 6.51. The van der Waals surface area contributed by atoms with Gasteiger partial charge in [-0.1, -0.05) is 40.5 Å². The number of halogens is 2. The Hall–Kier alpha value is -1.40. The van der Waals surface area contributed by atoms with Crippen molar-refractivity contribution >= 4 is 29.3 Å². The first kappa shape index (κ1) is 18.6. The van der Waals surface area contributed by atoms with Crippen molar-refractivity contribution in [3.8, 4) is 11.3 Å². The van der Waals surface area contributed by atoms with Gasteiger partial charge in [-0.2, -0.15) is 0 Å². The van der Waals surface area contributed by atoms with Gasteiger partial charge < -0.3 is 14.4 Å². The monoisotopic (exact) mass is 420 g/mol. The van der Waals surface area contributed by atoms with E-state index in [1.165, 1.54) is 0 Å². The summed E-state index contributed by atoms with van der Waals surface area (Å²) in [5.41, 5.74) is 1.91. The van der Waals surface area contributed by atoms with Crippen LogP contribution >= 0.6 is 23.2 Å². The summed E-state index contributed by atoms with van der Waals surface area (Å²) in [6.07, 6.45) is 13.4. The molecule has 0 radical (unpaired) electrons. The Kier molecular flexibility index (Phi) is 4.55. The van der Waals surface area contributed by atoms with E-state index in [1.54, 1.807) is 12.4 Å². The fraction of sp³-hybridized carbons (Fsp3) is 0.524. The van der Waals surface area contributed by atoms with Gasteiger partial charge in [-0.3, -0.25) is 4.98 Å². The maximum atomic E-state index is 9.70. The topological polar surface area (TPSA) is 68.4 Å². The minimum Gasteiger partial charge on any atom is -0.396 e. The van der Waals surface area contributed by atoms with E-state index in [2.05, 4.69) is 22.3 Å². The molecule has 2 saturated heterocycles. The van der Waals surface area contributed by atoms with Crippen molar-refractivity contribution in [1.29, 1.82) is 0 Å². The highest BCUT2D eigenvalue weighted by Gasteiger charge is 2.48. The Morgan fingerprint density at radius 1 is 1.14 bits per heavy atom. The van der Waals surface area contributed by atoms with Crippen LogP contribution in [0.2, 0.25) is 10.0 Å². The predicted molar refractivity (Wildman–Crippen MR) is 107 cm³/mol. The van der Waals surface area contributed by atoms with Gasteiger partial charge >= 0.3 is 0 Å². The highest BCUT2D eigenvalue weighted by atomic mass is 35.5. The van der Waals surface area contributed by atoms with Crippen LogP contribution in [0.1, 0.15) is 55.8 Å². The molecular formula is C21H22Cl2N2O3. The van der Waals surface area contributed by atoms with E-state index in [9.17, 15) is 5.11 Å². The van der Waals surface area contributed by atoms with Crippen LogP contribution in [0.5, 0.6) is 0 Å². The molecule has 2 aliphatic carbocycles. The molecular weight excluding hydrogens is 399 g/mol. The van der Waals surface area contributed by atoms with E-state index in [4.69, 9.17) is 32.5 Å². The van der Waals surface area contributed by atoms with E-state index < -0.39 is 0 Å². The molecule has 4 aliphatic rings. The molecule has 0 unspecified atom stereocenters. The zero-order valence-corrected chi connectivity index (χ0v) is 17.0. The van der Waals surface area contributed by atoms with E-state index in [0.717, 1.165) is 49.8 Å². The Morgan fingerprint density at radius 3 is 2.43 bits per heavy atom. The quantitative estimate of drug-likeness (QED) is 0.714. The maximum Gasteiger partial charge on any atom is 0.147 e. The second-order valence-corrected chi connectivity index (χ2v) is 9.22. The van der Waals surface area contributed by atoms with Crippen molar-refractivity contribution in [2.45, 2.75) is 50.0 Å². The number of ether oxygens (including phenoxy) is 1. The number of fused-ring (bicyclic) bond motifs is 3. The van der Waals surface area contributed by atoms with Crippen LogP contribution in [-0.2, 0) is 4.74 Å². The van der Waals surface area contributed by atoms with Crippen molar-refractivity contribution in [1.82, 2.24) is 10.1 Å². The van der Waals surface area contributed by atoms with Gasteiger partial charge in [0.25, 0.3) is 0 Å². The highest BCUT2D eigenvalue weighted by Crippen LogP contribution is 2.50. The van der Waals surface area contributed by atoms with Crippen LogP contribution in [0.15, 0.2) is 23.0 Å². The third-order valence-corrected chi connectivity index (χ3v) is 7.08. The van der Waals surface area contributed by atoms with Gasteiger partial charge in [-0.25, -0.2) is 0 Å². The summed E-state index contributed by atoms with van der Waals surface area (Å²) < 4.78 is 11.9. The van der Waals surface area contributed by atoms with Gasteiger partial charge in [0.2, 0.25) is 0 Å². The van der Waals surface area contributed by atoms with Crippen LogP contribution in [0.4, 0.5) is 0 Å². The Morgan fingerprint density at radius 2 is 1.86 bits per heavy atom. The minimum atomic E-state index is -0.280. The second kappa shape index (κ2) is 6.84. The standard InChI is InChI=1S/C21H22Cl2N2O3/c22-15-9-24-10-16(23)17(15)18-14(19(28-25-18)13-1-2-13)3-4-21-7-5-20(11-26,6-8-21)12-27-21/h3-4,9-10,13,26H,1-2,5-8,11-12H2/b4-3+. The van der Waals surface area contributed by atoms with Crippen molar-refractivity contribution < 1.29 is 14.4 Å².